The van der Waals surface area contributed by atoms with Gasteiger partial charge in [0.15, 0.2) is 0 Å². The molecule has 0 atom stereocenters. The average molecular weight is 325 g/mol. The molecule has 1 N–H and O–H groups in total. The van der Waals surface area contributed by atoms with Gasteiger partial charge in [-0.05, 0) is 47.4 Å². The van der Waals surface area contributed by atoms with Crippen LogP contribution in [0.15, 0.2) is 73.1 Å². The fourth-order valence-corrected chi connectivity index (χ4v) is 3.03. The number of hydrogen-bond donors (Lipinski definition) is 1. The second-order valence-electron chi connectivity index (χ2n) is 6.03. The van der Waals surface area contributed by atoms with Crippen molar-refractivity contribution in [2.24, 2.45) is 0 Å². The largest absolute Gasteiger partial charge is 0.278 e. The predicted molar refractivity (Wildman–Crippen MR) is 104 cm³/mol. The van der Waals surface area contributed by atoms with Crippen molar-refractivity contribution >= 4 is 22.6 Å². The first-order chi connectivity index (χ1) is 12.3. The van der Waals surface area contributed by atoms with Crippen molar-refractivity contribution in [2.75, 3.05) is 0 Å². The minimum Gasteiger partial charge on any atom is -0.278 e. The van der Waals surface area contributed by atoms with Crippen molar-refractivity contribution in [2.45, 2.75) is 13.3 Å². The summed E-state index contributed by atoms with van der Waals surface area (Å²) in [6.45, 7) is 2.19. The number of aromatic nitrogens is 3. The van der Waals surface area contributed by atoms with Crippen LogP contribution < -0.4 is 0 Å². The second kappa shape index (κ2) is 6.73. The summed E-state index contributed by atoms with van der Waals surface area (Å²) in [5.74, 6) is 0. The van der Waals surface area contributed by atoms with Gasteiger partial charge >= 0.3 is 0 Å². The summed E-state index contributed by atoms with van der Waals surface area (Å²) < 4.78 is 0. The van der Waals surface area contributed by atoms with Gasteiger partial charge in [0, 0.05) is 17.1 Å². The smallest absolute Gasteiger partial charge is 0.0701 e. The Kier molecular flexibility index (Phi) is 4.13. The number of rotatable bonds is 4. The van der Waals surface area contributed by atoms with Gasteiger partial charge in [0.1, 0.15) is 0 Å². The zero-order valence-corrected chi connectivity index (χ0v) is 14.1. The van der Waals surface area contributed by atoms with E-state index in [1.165, 1.54) is 16.7 Å². The minimum atomic E-state index is 0.979. The monoisotopic (exact) mass is 325 g/mol. The highest BCUT2D eigenvalue weighted by molar-refractivity contribution is 5.86. The Morgan fingerprint density at radius 3 is 2.68 bits per heavy atom. The molecule has 0 saturated heterocycles. The number of H-pyrrole nitrogens is 1. The van der Waals surface area contributed by atoms with E-state index in [9.17, 15) is 0 Å². The summed E-state index contributed by atoms with van der Waals surface area (Å²) in [5, 5.41) is 8.21. The lowest BCUT2D eigenvalue weighted by molar-refractivity contribution is 1.12. The lowest BCUT2D eigenvalue weighted by Gasteiger charge is -2.07. The molecule has 4 aromatic rings. The summed E-state index contributed by atoms with van der Waals surface area (Å²) >= 11 is 0. The molecule has 0 unspecified atom stereocenters. The molecular weight excluding hydrogens is 306 g/mol. The lowest BCUT2D eigenvalue weighted by Crippen LogP contribution is -1.86. The number of aromatic amines is 1. The summed E-state index contributed by atoms with van der Waals surface area (Å²) in [6.07, 6.45) is 6.92. The van der Waals surface area contributed by atoms with Crippen molar-refractivity contribution in [1.29, 1.82) is 0 Å². The first-order valence-electron chi connectivity index (χ1n) is 8.49. The Labute approximate surface area is 147 Å². The van der Waals surface area contributed by atoms with Crippen LogP contribution in [0.1, 0.15) is 24.5 Å². The number of pyridine rings is 1. The molecule has 0 aliphatic carbocycles. The molecule has 0 bridgehead atoms. The van der Waals surface area contributed by atoms with E-state index in [1.807, 2.05) is 30.6 Å². The first-order valence-corrected chi connectivity index (χ1v) is 8.49. The van der Waals surface area contributed by atoms with Crippen molar-refractivity contribution in [3.8, 4) is 11.3 Å². The molecule has 0 saturated carbocycles. The molecule has 25 heavy (non-hydrogen) atoms. The van der Waals surface area contributed by atoms with Gasteiger partial charge in [-0.3, -0.25) is 10.1 Å². The van der Waals surface area contributed by atoms with Crippen molar-refractivity contribution in [3.05, 3.63) is 84.2 Å². The summed E-state index contributed by atoms with van der Waals surface area (Å²) in [6, 6.07) is 21.0. The highest BCUT2D eigenvalue weighted by atomic mass is 15.1. The van der Waals surface area contributed by atoms with E-state index in [-0.39, 0.29) is 0 Å². The summed E-state index contributed by atoms with van der Waals surface area (Å²) in [4.78, 5) is 4.41. The summed E-state index contributed by atoms with van der Waals surface area (Å²) in [5.41, 5.74) is 6.96. The van der Waals surface area contributed by atoms with Gasteiger partial charge in [0.2, 0.25) is 0 Å². The third-order valence-electron chi connectivity index (χ3n) is 4.40. The Morgan fingerprint density at radius 1 is 1.04 bits per heavy atom. The molecule has 3 nitrogen and oxygen atoms in total. The number of allylic oxidation sites excluding steroid dienone is 1. The van der Waals surface area contributed by atoms with Crippen molar-refractivity contribution < 1.29 is 0 Å². The van der Waals surface area contributed by atoms with Gasteiger partial charge in [-0.1, -0.05) is 49.4 Å². The van der Waals surface area contributed by atoms with E-state index in [0.717, 1.165) is 28.6 Å². The SMILES string of the molecule is CC/C(=C\c1ccc2[nH]ncc2c1)c1ccc(-c2ccccn2)cc1. The van der Waals surface area contributed by atoms with Gasteiger partial charge in [-0.25, -0.2) is 0 Å². The van der Waals surface area contributed by atoms with E-state index in [4.69, 9.17) is 0 Å². The van der Waals surface area contributed by atoms with Gasteiger partial charge in [-0.2, -0.15) is 5.10 Å². The molecule has 2 heterocycles. The standard InChI is InChI=1S/C22H19N3/c1-2-17(13-16-6-11-22-20(14-16)15-24-25-22)18-7-9-19(10-8-18)21-5-3-4-12-23-21/h3-15H,2H2,1H3,(H,24,25)/b17-13+. The second-order valence-corrected chi connectivity index (χ2v) is 6.03. The normalized spacial score (nSPS) is 11.8. The van der Waals surface area contributed by atoms with E-state index in [1.54, 1.807) is 0 Å². The quantitative estimate of drug-likeness (QED) is 0.498. The van der Waals surface area contributed by atoms with Gasteiger partial charge in [-0.15, -0.1) is 0 Å². The van der Waals surface area contributed by atoms with Crippen LogP contribution >= 0.6 is 0 Å². The Balaban J connectivity index is 1.66. The van der Waals surface area contributed by atoms with Crippen LogP contribution in [0.25, 0.3) is 33.8 Å². The molecule has 0 spiro atoms. The maximum Gasteiger partial charge on any atom is 0.0701 e. The lowest BCUT2D eigenvalue weighted by atomic mass is 9.98. The first kappa shape index (κ1) is 15.3. The fourth-order valence-electron chi connectivity index (χ4n) is 3.03. The number of fused-ring (bicyclic) bond motifs is 1. The zero-order chi connectivity index (χ0) is 17.1. The van der Waals surface area contributed by atoms with Crippen LogP contribution in [0.4, 0.5) is 0 Å². The number of hydrogen-bond acceptors (Lipinski definition) is 2. The predicted octanol–water partition coefficient (Wildman–Crippen LogP) is 5.58. The Morgan fingerprint density at radius 2 is 1.92 bits per heavy atom. The molecule has 2 aromatic carbocycles. The zero-order valence-electron chi connectivity index (χ0n) is 14.1. The molecular formula is C22H19N3. The molecule has 0 amide bonds. The van der Waals surface area contributed by atoms with E-state index >= 15 is 0 Å². The van der Waals surface area contributed by atoms with Gasteiger partial charge in [0.05, 0.1) is 17.4 Å². The molecule has 0 aliphatic rings. The van der Waals surface area contributed by atoms with Crippen LogP contribution in [0.5, 0.6) is 0 Å². The van der Waals surface area contributed by atoms with Crippen molar-refractivity contribution in [3.63, 3.8) is 0 Å². The topological polar surface area (TPSA) is 41.6 Å². The number of nitrogens with zero attached hydrogens (tertiary/aromatic N) is 2. The van der Waals surface area contributed by atoms with Crippen LogP contribution in [-0.4, -0.2) is 15.2 Å². The van der Waals surface area contributed by atoms with Gasteiger partial charge < -0.3 is 0 Å². The van der Waals surface area contributed by atoms with Crippen LogP contribution in [0.3, 0.4) is 0 Å². The van der Waals surface area contributed by atoms with Crippen molar-refractivity contribution in [1.82, 2.24) is 15.2 Å². The van der Waals surface area contributed by atoms with E-state index < -0.39 is 0 Å². The minimum absolute atomic E-state index is 0.979. The van der Waals surface area contributed by atoms with Gasteiger partial charge in [0.25, 0.3) is 0 Å². The maximum atomic E-state index is 4.41. The average Bonchev–Trinajstić information content (AvgIpc) is 3.15. The van der Waals surface area contributed by atoms with E-state index in [0.29, 0.717) is 0 Å². The Bertz CT molecular complexity index is 1010. The molecule has 0 aliphatic heterocycles. The molecule has 4 rings (SSSR count). The molecule has 0 fully saturated rings. The Hall–Kier alpha value is -3.20. The molecule has 3 heteroatoms. The highest BCUT2D eigenvalue weighted by Gasteiger charge is 2.03. The third-order valence-corrected chi connectivity index (χ3v) is 4.40. The fraction of sp³-hybridized carbons (Fsp3) is 0.0909. The molecule has 0 radical (unpaired) electrons. The van der Waals surface area contributed by atoms with Crippen LogP contribution in [-0.2, 0) is 0 Å². The van der Waals surface area contributed by atoms with Crippen LogP contribution in [0, 0.1) is 0 Å². The molecule has 2 aromatic heterocycles. The highest BCUT2D eigenvalue weighted by Crippen LogP contribution is 2.25. The number of nitrogens with one attached hydrogen (secondary N) is 1. The summed E-state index contributed by atoms with van der Waals surface area (Å²) in [7, 11) is 0. The van der Waals surface area contributed by atoms with Crippen LogP contribution in [0.2, 0.25) is 0 Å². The molecule has 122 valence electrons. The number of benzene rings is 2. The van der Waals surface area contributed by atoms with E-state index in [2.05, 4.69) is 70.6 Å². The third kappa shape index (κ3) is 3.22. The maximum absolute atomic E-state index is 4.41.